The summed E-state index contributed by atoms with van der Waals surface area (Å²) in [5.74, 6) is 0. The van der Waals surface area contributed by atoms with E-state index in [-0.39, 0.29) is 0 Å². The van der Waals surface area contributed by atoms with Crippen molar-refractivity contribution in [2.75, 3.05) is 0 Å². The zero-order valence-corrected chi connectivity index (χ0v) is 17.7. The van der Waals surface area contributed by atoms with Gasteiger partial charge in [-0.3, -0.25) is 20.0 Å². The molecule has 4 nitrogen and oxygen atoms in total. The molecule has 4 aromatic rings. The molecule has 0 unspecified atom stereocenters. The van der Waals surface area contributed by atoms with Crippen LogP contribution in [0.1, 0.15) is 33.6 Å². The van der Waals surface area contributed by atoms with Crippen molar-refractivity contribution in [3.63, 3.8) is 0 Å². The summed E-state index contributed by atoms with van der Waals surface area (Å²) in [5.41, 5.74) is 8.32. The Labute approximate surface area is 183 Å². The van der Waals surface area contributed by atoms with E-state index in [9.17, 15) is 0 Å². The maximum absolute atomic E-state index is 4.51. The molecule has 0 aliphatic rings. The van der Waals surface area contributed by atoms with Crippen LogP contribution in [0.4, 0.5) is 11.4 Å². The number of pyridine rings is 2. The quantitative estimate of drug-likeness (QED) is 0.360. The molecule has 4 heteroatoms. The number of aryl methyl sites for hydroxylation is 2. The maximum atomic E-state index is 4.51. The molecular formula is C27H24N4. The molecule has 0 saturated heterocycles. The molecule has 0 spiro atoms. The summed E-state index contributed by atoms with van der Waals surface area (Å²) in [6.07, 6.45) is 8.15. The molecule has 0 aliphatic heterocycles. The molecular weight excluding hydrogens is 380 g/mol. The molecule has 2 aromatic carbocycles. The van der Waals surface area contributed by atoms with E-state index in [1.165, 1.54) is 11.1 Å². The molecule has 0 radical (unpaired) electrons. The van der Waals surface area contributed by atoms with Gasteiger partial charge in [-0.1, -0.05) is 36.4 Å². The summed E-state index contributed by atoms with van der Waals surface area (Å²) >= 11 is 0. The molecule has 0 saturated carbocycles. The lowest BCUT2D eigenvalue weighted by Gasteiger charge is -2.03. The van der Waals surface area contributed by atoms with E-state index in [1.807, 2.05) is 74.8 Å². The minimum Gasteiger partial charge on any atom is -0.255 e. The van der Waals surface area contributed by atoms with Gasteiger partial charge in [0, 0.05) is 12.4 Å². The topological polar surface area (TPSA) is 50.5 Å². The molecule has 0 aliphatic carbocycles. The Kier molecular flexibility index (Phi) is 6.38. The Morgan fingerprint density at radius 3 is 1.35 bits per heavy atom. The fraction of sp³-hybridized carbons (Fsp3) is 0.111. The van der Waals surface area contributed by atoms with Gasteiger partial charge in [-0.05, 0) is 78.9 Å². The molecule has 2 aromatic heterocycles. The van der Waals surface area contributed by atoms with Crippen LogP contribution in [0.15, 0.2) is 95.2 Å². The first-order valence-corrected chi connectivity index (χ1v) is 10.3. The van der Waals surface area contributed by atoms with E-state index in [1.54, 1.807) is 12.4 Å². The van der Waals surface area contributed by atoms with Crippen molar-refractivity contribution in [1.82, 2.24) is 9.97 Å². The molecule has 0 fully saturated rings. The van der Waals surface area contributed by atoms with E-state index < -0.39 is 0 Å². The third kappa shape index (κ3) is 6.03. The predicted molar refractivity (Wildman–Crippen MR) is 128 cm³/mol. The van der Waals surface area contributed by atoms with Gasteiger partial charge in [-0.25, -0.2) is 0 Å². The second-order valence-corrected chi connectivity index (χ2v) is 7.55. The highest BCUT2D eigenvalue weighted by atomic mass is 14.8. The van der Waals surface area contributed by atoms with Crippen LogP contribution in [0.2, 0.25) is 0 Å². The first-order chi connectivity index (χ1) is 15.1. The Hall–Kier alpha value is -3.92. The van der Waals surface area contributed by atoms with E-state index in [2.05, 4.69) is 44.2 Å². The Bertz CT molecular complexity index is 1080. The molecule has 0 atom stereocenters. The zero-order chi connectivity index (χ0) is 21.5. The highest BCUT2D eigenvalue weighted by molar-refractivity contribution is 5.80. The molecule has 0 bridgehead atoms. The Morgan fingerprint density at radius 2 is 1.00 bits per heavy atom. The fourth-order valence-corrected chi connectivity index (χ4v) is 3.03. The first kappa shape index (κ1) is 20.4. The molecule has 0 amide bonds. The monoisotopic (exact) mass is 404 g/mol. The lowest BCUT2D eigenvalue weighted by molar-refractivity contribution is 1.19. The number of hydrogen-bond acceptors (Lipinski definition) is 4. The van der Waals surface area contributed by atoms with Crippen LogP contribution < -0.4 is 0 Å². The van der Waals surface area contributed by atoms with Gasteiger partial charge in [0.05, 0.1) is 35.2 Å². The fourth-order valence-electron chi connectivity index (χ4n) is 3.03. The van der Waals surface area contributed by atoms with Crippen molar-refractivity contribution in [2.24, 2.45) is 9.98 Å². The summed E-state index contributed by atoms with van der Waals surface area (Å²) in [5, 5.41) is 0. The SMILES string of the molecule is Cc1ccc(C=Nc2ccc(Cc3ccc(N=Cc4ccc(C)cn4)cc3)cc2)nc1. The largest absolute Gasteiger partial charge is 0.255 e. The Morgan fingerprint density at radius 1 is 0.581 bits per heavy atom. The molecule has 31 heavy (non-hydrogen) atoms. The van der Waals surface area contributed by atoms with Crippen LogP contribution in [-0.4, -0.2) is 22.4 Å². The summed E-state index contributed by atoms with van der Waals surface area (Å²) in [4.78, 5) is 17.7. The van der Waals surface area contributed by atoms with E-state index in [0.717, 1.165) is 40.3 Å². The summed E-state index contributed by atoms with van der Waals surface area (Å²) < 4.78 is 0. The number of nitrogens with zero attached hydrogens (tertiary/aromatic N) is 4. The highest BCUT2D eigenvalue weighted by Crippen LogP contribution is 2.18. The average Bonchev–Trinajstić information content (AvgIpc) is 2.80. The second-order valence-electron chi connectivity index (χ2n) is 7.55. The summed E-state index contributed by atoms with van der Waals surface area (Å²) in [6, 6.07) is 24.6. The molecule has 0 N–H and O–H groups in total. The van der Waals surface area contributed by atoms with Gasteiger partial charge < -0.3 is 0 Å². The number of rotatable bonds is 6. The van der Waals surface area contributed by atoms with Crippen molar-refractivity contribution in [3.05, 3.63) is 119 Å². The van der Waals surface area contributed by atoms with Crippen molar-refractivity contribution in [2.45, 2.75) is 20.3 Å². The van der Waals surface area contributed by atoms with Crippen molar-refractivity contribution >= 4 is 23.8 Å². The van der Waals surface area contributed by atoms with Crippen LogP contribution in [0.5, 0.6) is 0 Å². The van der Waals surface area contributed by atoms with Crippen LogP contribution in [0.3, 0.4) is 0 Å². The number of aromatic nitrogens is 2. The number of hydrogen-bond donors (Lipinski definition) is 0. The van der Waals surface area contributed by atoms with E-state index in [4.69, 9.17) is 0 Å². The van der Waals surface area contributed by atoms with Gasteiger partial charge in [0.2, 0.25) is 0 Å². The van der Waals surface area contributed by atoms with Crippen LogP contribution in [-0.2, 0) is 6.42 Å². The number of benzene rings is 2. The minimum atomic E-state index is 0.857. The second kappa shape index (κ2) is 9.72. The van der Waals surface area contributed by atoms with Gasteiger partial charge in [0.1, 0.15) is 0 Å². The Balaban J connectivity index is 1.35. The third-order valence-electron chi connectivity index (χ3n) is 4.84. The maximum Gasteiger partial charge on any atom is 0.0812 e. The van der Waals surface area contributed by atoms with Gasteiger partial charge in [0.15, 0.2) is 0 Å². The van der Waals surface area contributed by atoms with Crippen molar-refractivity contribution < 1.29 is 0 Å². The standard InChI is InChI=1S/C27H24N4/c1-20-3-9-26(28-16-20)18-30-24-11-5-22(6-12-24)15-23-7-13-25(14-8-23)31-19-27-10-4-21(2)17-29-27/h3-14,16-19H,15H2,1-2H3. The van der Waals surface area contributed by atoms with Gasteiger partial charge in [0.25, 0.3) is 0 Å². The molecule has 152 valence electrons. The highest BCUT2D eigenvalue weighted by Gasteiger charge is 1.98. The predicted octanol–water partition coefficient (Wildman–Crippen LogP) is 6.19. The zero-order valence-electron chi connectivity index (χ0n) is 17.7. The smallest absolute Gasteiger partial charge is 0.0812 e. The molecule has 4 rings (SSSR count). The van der Waals surface area contributed by atoms with Gasteiger partial charge in [-0.15, -0.1) is 0 Å². The summed E-state index contributed by atoms with van der Waals surface area (Å²) in [7, 11) is 0. The average molecular weight is 405 g/mol. The van der Waals surface area contributed by atoms with Gasteiger partial charge in [-0.2, -0.15) is 0 Å². The van der Waals surface area contributed by atoms with Crippen LogP contribution in [0, 0.1) is 13.8 Å². The lowest BCUT2D eigenvalue weighted by atomic mass is 10.0. The van der Waals surface area contributed by atoms with E-state index >= 15 is 0 Å². The first-order valence-electron chi connectivity index (χ1n) is 10.3. The lowest BCUT2D eigenvalue weighted by Crippen LogP contribution is -1.88. The normalized spacial score (nSPS) is 11.4. The molecule has 2 heterocycles. The third-order valence-corrected chi connectivity index (χ3v) is 4.84. The van der Waals surface area contributed by atoms with Crippen molar-refractivity contribution in [3.8, 4) is 0 Å². The van der Waals surface area contributed by atoms with Crippen LogP contribution in [0.25, 0.3) is 0 Å². The van der Waals surface area contributed by atoms with Gasteiger partial charge >= 0.3 is 0 Å². The minimum absolute atomic E-state index is 0.857. The summed E-state index contributed by atoms with van der Waals surface area (Å²) in [6.45, 7) is 4.05. The number of aliphatic imine (C=N–C) groups is 2. The van der Waals surface area contributed by atoms with Crippen LogP contribution >= 0.6 is 0 Å². The van der Waals surface area contributed by atoms with Crippen molar-refractivity contribution in [1.29, 1.82) is 0 Å². The van der Waals surface area contributed by atoms with E-state index in [0.29, 0.717) is 0 Å².